The van der Waals surface area contributed by atoms with Crippen LogP contribution in [-0.4, -0.2) is 49.5 Å². The second-order valence-electron chi connectivity index (χ2n) is 4.46. The van der Waals surface area contributed by atoms with Crippen molar-refractivity contribution in [1.82, 2.24) is 4.90 Å². The van der Waals surface area contributed by atoms with E-state index in [4.69, 9.17) is 4.74 Å². The first kappa shape index (κ1) is 17.3. The number of aliphatic hydroxyl groups excluding tert-OH is 1. The molecule has 2 amide bonds. The number of nitrogens with one attached hydrogen (secondary N) is 1. The van der Waals surface area contributed by atoms with Crippen LogP contribution in [-0.2, 0) is 10.9 Å². The third kappa shape index (κ3) is 5.24. The summed E-state index contributed by atoms with van der Waals surface area (Å²) in [5.41, 5.74) is -1.26. The summed E-state index contributed by atoms with van der Waals surface area (Å²) in [4.78, 5) is 12.9. The van der Waals surface area contributed by atoms with Gasteiger partial charge in [-0.05, 0) is 12.1 Å². The fourth-order valence-corrected chi connectivity index (χ4v) is 1.69. The lowest BCUT2D eigenvalue weighted by molar-refractivity contribution is -0.136. The van der Waals surface area contributed by atoms with Crippen molar-refractivity contribution in [2.45, 2.75) is 12.3 Å². The number of alkyl halides is 3. The summed E-state index contributed by atoms with van der Waals surface area (Å²) in [7, 11) is 2.76. The zero-order valence-corrected chi connectivity index (χ0v) is 11.6. The molecule has 0 bridgehead atoms. The Morgan fingerprint density at radius 1 is 1.43 bits per heavy atom. The van der Waals surface area contributed by atoms with Crippen LogP contribution in [0.15, 0.2) is 24.3 Å². The maximum absolute atomic E-state index is 12.8. The van der Waals surface area contributed by atoms with Gasteiger partial charge in [0.15, 0.2) is 0 Å². The first-order valence-corrected chi connectivity index (χ1v) is 6.11. The van der Waals surface area contributed by atoms with Crippen LogP contribution in [0.1, 0.15) is 5.56 Å². The monoisotopic (exact) mass is 306 g/mol. The molecule has 118 valence electrons. The topological polar surface area (TPSA) is 61.8 Å². The molecule has 1 unspecified atom stereocenters. The van der Waals surface area contributed by atoms with E-state index in [1.165, 1.54) is 32.4 Å². The number of hydrogen-bond acceptors (Lipinski definition) is 3. The van der Waals surface area contributed by atoms with E-state index in [1.54, 1.807) is 0 Å². The lowest BCUT2D eigenvalue weighted by Gasteiger charge is -2.22. The van der Waals surface area contributed by atoms with E-state index < -0.39 is 23.9 Å². The predicted molar refractivity (Wildman–Crippen MR) is 71.0 cm³/mol. The van der Waals surface area contributed by atoms with Crippen LogP contribution in [0, 0.1) is 0 Å². The molecule has 0 fully saturated rings. The van der Waals surface area contributed by atoms with Crippen molar-refractivity contribution in [1.29, 1.82) is 0 Å². The highest BCUT2D eigenvalue weighted by Gasteiger charge is 2.33. The molecule has 8 heteroatoms. The minimum absolute atomic E-state index is 0.0246. The molecule has 2 N–H and O–H groups in total. The molecule has 0 radical (unpaired) electrons. The fourth-order valence-electron chi connectivity index (χ4n) is 1.69. The van der Waals surface area contributed by atoms with Crippen molar-refractivity contribution in [3.8, 4) is 0 Å². The molecule has 0 saturated heterocycles. The Kier molecular flexibility index (Phi) is 5.98. The number of para-hydroxylation sites is 1. The molecule has 1 aromatic rings. The number of carbonyl (C=O) groups is 1. The number of nitrogens with zero attached hydrogens (tertiary/aromatic N) is 1. The van der Waals surface area contributed by atoms with E-state index in [0.717, 1.165) is 11.0 Å². The number of anilines is 1. The number of hydrogen-bond donors (Lipinski definition) is 2. The van der Waals surface area contributed by atoms with Gasteiger partial charge in [-0.2, -0.15) is 13.2 Å². The first-order valence-electron chi connectivity index (χ1n) is 6.11. The summed E-state index contributed by atoms with van der Waals surface area (Å²) < 4.78 is 43.1. The SMILES string of the molecule is COCC(O)CN(C)C(=O)Nc1ccccc1C(F)(F)F. The number of urea groups is 1. The summed E-state index contributed by atoms with van der Waals surface area (Å²) in [6.07, 6.45) is -5.47. The van der Waals surface area contributed by atoms with Crippen molar-refractivity contribution < 1.29 is 27.8 Å². The van der Waals surface area contributed by atoms with Gasteiger partial charge in [0.2, 0.25) is 0 Å². The summed E-state index contributed by atoms with van der Waals surface area (Å²) in [6.45, 7) is -0.0371. The standard InChI is InChI=1S/C13H17F3N2O3/c1-18(7-9(19)8-21-2)12(20)17-11-6-4-3-5-10(11)13(14,15)16/h3-6,9,19H,7-8H2,1-2H3,(H,17,20). The van der Waals surface area contributed by atoms with Gasteiger partial charge >= 0.3 is 12.2 Å². The average molecular weight is 306 g/mol. The number of methoxy groups -OCH3 is 1. The minimum atomic E-state index is -4.56. The lowest BCUT2D eigenvalue weighted by Crippen LogP contribution is -2.39. The summed E-state index contributed by atoms with van der Waals surface area (Å²) in [5, 5.41) is 11.7. The predicted octanol–water partition coefficient (Wildman–Crippen LogP) is 2.18. The first-order chi connectivity index (χ1) is 9.75. The van der Waals surface area contributed by atoms with Crippen LogP contribution in [0.4, 0.5) is 23.7 Å². The zero-order chi connectivity index (χ0) is 16.0. The maximum atomic E-state index is 12.8. The molecule has 0 aliphatic carbocycles. The van der Waals surface area contributed by atoms with E-state index in [2.05, 4.69) is 5.32 Å². The molecule has 0 spiro atoms. The molecule has 0 heterocycles. The Morgan fingerprint density at radius 2 is 2.05 bits per heavy atom. The Hall–Kier alpha value is -1.80. The second-order valence-corrected chi connectivity index (χ2v) is 4.46. The number of rotatable bonds is 5. The van der Waals surface area contributed by atoms with Gasteiger partial charge in [-0.1, -0.05) is 12.1 Å². The number of benzene rings is 1. The van der Waals surface area contributed by atoms with E-state index >= 15 is 0 Å². The summed E-state index contributed by atoms with van der Waals surface area (Å²) in [6, 6.07) is 3.94. The molecule has 0 aliphatic rings. The molecule has 5 nitrogen and oxygen atoms in total. The molecule has 1 aromatic carbocycles. The van der Waals surface area contributed by atoms with E-state index in [9.17, 15) is 23.1 Å². The Balaban J connectivity index is 2.75. The zero-order valence-electron chi connectivity index (χ0n) is 11.6. The highest BCUT2D eigenvalue weighted by molar-refractivity contribution is 5.90. The number of likely N-dealkylation sites (N-methyl/N-ethyl adjacent to an activating group) is 1. The quantitative estimate of drug-likeness (QED) is 0.876. The number of amides is 2. The van der Waals surface area contributed by atoms with Crippen molar-refractivity contribution in [3.05, 3.63) is 29.8 Å². The highest BCUT2D eigenvalue weighted by atomic mass is 19.4. The van der Waals surface area contributed by atoms with Crippen molar-refractivity contribution in [2.24, 2.45) is 0 Å². The van der Waals surface area contributed by atoms with Gasteiger partial charge in [-0.3, -0.25) is 0 Å². The van der Waals surface area contributed by atoms with Crippen molar-refractivity contribution in [3.63, 3.8) is 0 Å². The van der Waals surface area contributed by atoms with Crippen molar-refractivity contribution in [2.75, 3.05) is 32.6 Å². The second kappa shape index (κ2) is 7.28. The van der Waals surface area contributed by atoms with Crippen LogP contribution in [0.2, 0.25) is 0 Å². The number of carbonyl (C=O) groups excluding carboxylic acids is 1. The third-order valence-corrected chi connectivity index (χ3v) is 2.66. The van der Waals surface area contributed by atoms with Crippen molar-refractivity contribution >= 4 is 11.7 Å². The number of aliphatic hydroxyl groups is 1. The van der Waals surface area contributed by atoms with Gasteiger partial charge in [-0.25, -0.2) is 4.79 Å². The maximum Gasteiger partial charge on any atom is 0.418 e. The molecule has 0 aromatic heterocycles. The van der Waals surface area contributed by atoms with E-state index in [-0.39, 0.29) is 18.8 Å². The Morgan fingerprint density at radius 3 is 2.62 bits per heavy atom. The molecule has 1 rings (SSSR count). The molecule has 1 atom stereocenters. The normalized spacial score (nSPS) is 12.9. The van der Waals surface area contributed by atoms with Crippen LogP contribution < -0.4 is 5.32 Å². The van der Waals surface area contributed by atoms with Gasteiger partial charge in [0.1, 0.15) is 0 Å². The lowest BCUT2D eigenvalue weighted by atomic mass is 10.1. The fraction of sp³-hybridized carbons (Fsp3) is 0.462. The van der Waals surface area contributed by atoms with Gasteiger partial charge in [0, 0.05) is 14.2 Å². The van der Waals surface area contributed by atoms with Gasteiger partial charge < -0.3 is 20.1 Å². The minimum Gasteiger partial charge on any atom is -0.389 e. The summed E-state index contributed by atoms with van der Waals surface area (Å²) in [5.74, 6) is 0. The van der Waals surface area contributed by atoms with Crippen LogP contribution in [0.3, 0.4) is 0 Å². The largest absolute Gasteiger partial charge is 0.418 e. The number of ether oxygens (including phenoxy) is 1. The Labute approximate surface area is 120 Å². The Bertz CT molecular complexity index is 480. The number of halogens is 3. The molecular formula is C13H17F3N2O3. The molecule has 21 heavy (non-hydrogen) atoms. The smallest absolute Gasteiger partial charge is 0.389 e. The highest BCUT2D eigenvalue weighted by Crippen LogP contribution is 2.34. The van der Waals surface area contributed by atoms with Crippen LogP contribution >= 0.6 is 0 Å². The third-order valence-electron chi connectivity index (χ3n) is 2.66. The van der Waals surface area contributed by atoms with E-state index in [0.29, 0.717) is 0 Å². The summed E-state index contributed by atoms with van der Waals surface area (Å²) >= 11 is 0. The average Bonchev–Trinajstić information content (AvgIpc) is 2.38. The van der Waals surface area contributed by atoms with Crippen LogP contribution in [0.5, 0.6) is 0 Å². The molecule has 0 saturated carbocycles. The van der Waals surface area contributed by atoms with Gasteiger partial charge in [0.05, 0.1) is 30.5 Å². The van der Waals surface area contributed by atoms with E-state index in [1.807, 2.05) is 0 Å². The van der Waals surface area contributed by atoms with Crippen LogP contribution in [0.25, 0.3) is 0 Å². The van der Waals surface area contributed by atoms with Gasteiger partial charge in [0.25, 0.3) is 0 Å². The molecular weight excluding hydrogens is 289 g/mol. The van der Waals surface area contributed by atoms with Gasteiger partial charge in [-0.15, -0.1) is 0 Å². The molecule has 0 aliphatic heterocycles.